The Morgan fingerprint density at radius 3 is 2.75 bits per heavy atom. The molecule has 0 unspecified atom stereocenters. The van der Waals surface area contributed by atoms with Crippen LogP contribution in [0.3, 0.4) is 0 Å². The zero-order valence-corrected chi connectivity index (χ0v) is 13.4. The maximum absolute atomic E-state index is 8.75. The molecule has 1 aromatic rings. The van der Waals surface area contributed by atoms with Gasteiger partial charge in [0.2, 0.25) is 0 Å². The van der Waals surface area contributed by atoms with Crippen LogP contribution in [-0.2, 0) is 6.54 Å². The molecule has 3 heteroatoms. The third-order valence-corrected chi connectivity index (χ3v) is 4.74. The van der Waals surface area contributed by atoms with E-state index in [0.29, 0.717) is 5.92 Å². The number of rotatable bonds is 5. The Labute approximate surface area is 126 Å². The fourth-order valence-corrected chi connectivity index (χ4v) is 3.85. The van der Waals surface area contributed by atoms with Gasteiger partial charge in [0.05, 0.1) is 4.88 Å². The lowest BCUT2D eigenvalue weighted by Gasteiger charge is -2.29. The summed E-state index contributed by atoms with van der Waals surface area (Å²) in [6.45, 7) is 6.77. The van der Waals surface area contributed by atoms with Gasteiger partial charge in [-0.25, -0.2) is 0 Å². The van der Waals surface area contributed by atoms with Crippen LogP contribution in [-0.4, -0.2) is 29.2 Å². The van der Waals surface area contributed by atoms with Crippen LogP contribution in [0.25, 0.3) is 0 Å². The van der Waals surface area contributed by atoms with Crippen molar-refractivity contribution < 1.29 is 5.11 Å². The van der Waals surface area contributed by atoms with Crippen molar-refractivity contribution in [2.45, 2.75) is 52.1 Å². The average Bonchev–Trinajstić information content (AvgIpc) is 3.06. The van der Waals surface area contributed by atoms with Gasteiger partial charge in [0.15, 0.2) is 0 Å². The van der Waals surface area contributed by atoms with Crippen LogP contribution in [0.4, 0.5) is 0 Å². The monoisotopic (exact) mass is 291 g/mol. The molecule has 20 heavy (non-hydrogen) atoms. The van der Waals surface area contributed by atoms with E-state index in [9.17, 15) is 0 Å². The summed E-state index contributed by atoms with van der Waals surface area (Å²) in [5.41, 5.74) is 0. The second-order valence-electron chi connectivity index (χ2n) is 5.99. The van der Waals surface area contributed by atoms with Crippen LogP contribution in [0, 0.1) is 17.8 Å². The minimum Gasteiger partial charge on any atom is -0.384 e. The van der Waals surface area contributed by atoms with E-state index in [4.69, 9.17) is 5.11 Å². The SMILES string of the molecule is CC(C)CN(Cc1ccc(C#CCO)s1)C1CCCC1. The molecule has 0 spiro atoms. The highest BCUT2D eigenvalue weighted by Crippen LogP contribution is 2.27. The lowest BCUT2D eigenvalue weighted by atomic mass is 10.1. The fraction of sp³-hybridized carbons (Fsp3) is 0.647. The number of thiophene rings is 1. The van der Waals surface area contributed by atoms with E-state index >= 15 is 0 Å². The van der Waals surface area contributed by atoms with Crippen molar-refractivity contribution in [2.75, 3.05) is 13.2 Å². The molecule has 0 atom stereocenters. The molecule has 0 aliphatic heterocycles. The molecule has 1 saturated carbocycles. The maximum Gasteiger partial charge on any atom is 0.104 e. The first-order valence-corrected chi connectivity index (χ1v) is 8.43. The molecule has 1 aliphatic carbocycles. The van der Waals surface area contributed by atoms with Gasteiger partial charge in [0.25, 0.3) is 0 Å². The van der Waals surface area contributed by atoms with Gasteiger partial charge in [-0.1, -0.05) is 38.5 Å². The third kappa shape index (κ3) is 4.63. The quantitative estimate of drug-likeness (QED) is 0.839. The molecule has 1 fully saturated rings. The van der Waals surface area contributed by atoms with Crippen LogP contribution >= 0.6 is 11.3 Å². The van der Waals surface area contributed by atoms with Gasteiger partial charge in [-0.15, -0.1) is 11.3 Å². The van der Waals surface area contributed by atoms with E-state index in [0.717, 1.165) is 17.5 Å². The van der Waals surface area contributed by atoms with E-state index in [1.807, 2.05) is 0 Å². The predicted octanol–water partition coefficient (Wildman–Crippen LogP) is 3.49. The molecule has 1 heterocycles. The number of hydrogen-bond acceptors (Lipinski definition) is 3. The van der Waals surface area contributed by atoms with Crippen LogP contribution in [0.15, 0.2) is 12.1 Å². The van der Waals surface area contributed by atoms with E-state index in [1.165, 1.54) is 37.1 Å². The Morgan fingerprint density at radius 2 is 2.10 bits per heavy atom. The molecular formula is C17H25NOS. The third-order valence-electron chi connectivity index (χ3n) is 3.75. The summed E-state index contributed by atoms with van der Waals surface area (Å²) < 4.78 is 0. The van der Waals surface area contributed by atoms with E-state index < -0.39 is 0 Å². The van der Waals surface area contributed by atoms with Gasteiger partial charge in [0, 0.05) is 24.0 Å². The Kier molecular flexibility index (Phi) is 6.09. The molecular weight excluding hydrogens is 266 g/mol. The van der Waals surface area contributed by atoms with Crippen LogP contribution in [0.2, 0.25) is 0 Å². The minimum absolute atomic E-state index is 0.0607. The van der Waals surface area contributed by atoms with Crippen molar-refractivity contribution in [3.63, 3.8) is 0 Å². The largest absolute Gasteiger partial charge is 0.384 e. The van der Waals surface area contributed by atoms with Crippen LogP contribution < -0.4 is 0 Å². The number of hydrogen-bond donors (Lipinski definition) is 1. The van der Waals surface area contributed by atoms with Gasteiger partial charge in [-0.3, -0.25) is 4.90 Å². The van der Waals surface area contributed by atoms with Crippen molar-refractivity contribution in [1.29, 1.82) is 0 Å². The average molecular weight is 291 g/mol. The van der Waals surface area contributed by atoms with E-state index in [-0.39, 0.29) is 6.61 Å². The Balaban J connectivity index is 2.00. The minimum atomic E-state index is -0.0607. The lowest BCUT2D eigenvalue weighted by Crippen LogP contribution is -2.35. The van der Waals surface area contributed by atoms with Crippen molar-refractivity contribution in [3.05, 3.63) is 21.9 Å². The molecule has 2 nitrogen and oxygen atoms in total. The van der Waals surface area contributed by atoms with Crippen molar-refractivity contribution in [1.82, 2.24) is 4.90 Å². The predicted molar refractivity (Wildman–Crippen MR) is 85.8 cm³/mol. The van der Waals surface area contributed by atoms with Crippen molar-refractivity contribution >= 4 is 11.3 Å². The molecule has 110 valence electrons. The Hall–Kier alpha value is -0.820. The summed E-state index contributed by atoms with van der Waals surface area (Å²) in [5.74, 6) is 6.43. The Bertz CT molecular complexity index is 463. The van der Waals surface area contributed by atoms with Crippen molar-refractivity contribution in [3.8, 4) is 11.8 Å². The van der Waals surface area contributed by atoms with E-state index in [2.05, 4.69) is 42.7 Å². The first kappa shape index (κ1) is 15.6. The van der Waals surface area contributed by atoms with E-state index in [1.54, 1.807) is 11.3 Å². The van der Waals surface area contributed by atoms with Crippen LogP contribution in [0.5, 0.6) is 0 Å². The molecule has 1 aromatic heterocycles. The second kappa shape index (κ2) is 7.83. The summed E-state index contributed by atoms with van der Waals surface area (Å²) in [6, 6.07) is 5.03. The van der Waals surface area contributed by atoms with Gasteiger partial charge in [0.1, 0.15) is 6.61 Å². The molecule has 0 amide bonds. The first-order chi connectivity index (χ1) is 9.69. The highest BCUT2D eigenvalue weighted by Gasteiger charge is 2.23. The lowest BCUT2D eigenvalue weighted by molar-refractivity contribution is 0.170. The highest BCUT2D eigenvalue weighted by atomic mass is 32.1. The number of aliphatic hydroxyl groups excluding tert-OH is 1. The summed E-state index contributed by atoms with van der Waals surface area (Å²) in [5, 5.41) is 8.75. The second-order valence-corrected chi connectivity index (χ2v) is 7.16. The summed E-state index contributed by atoms with van der Waals surface area (Å²) in [6.07, 6.45) is 5.48. The standard InChI is InChI=1S/C17H25NOS/c1-14(2)12-18(15-6-3-4-7-15)13-17-10-9-16(20-17)8-5-11-19/h9-10,14-15,19H,3-4,6-7,11-13H2,1-2H3. The number of nitrogens with zero attached hydrogens (tertiary/aromatic N) is 1. The van der Waals surface area contributed by atoms with Crippen molar-refractivity contribution in [2.24, 2.45) is 5.92 Å². The number of aliphatic hydroxyl groups is 1. The van der Waals surface area contributed by atoms with Gasteiger partial charge < -0.3 is 5.11 Å². The van der Waals surface area contributed by atoms with Gasteiger partial charge in [-0.2, -0.15) is 0 Å². The summed E-state index contributed by atoms with van der Waals surface area (Å²) in [7, 11) is 0. The smallest absolute Gasteiger partial charge is 0.104 e. The molecule has 0 bridgehead atoms. The van der Waals surface area contributed by atoms with Gasteiger partial charge in [-0.05, 0) is 30.9 Å². The molecule has 0 radical (unpaired) electrons. The fourth-order valence-electron chi connectivity index (χ4n) is 2.94. The summed E-state index contributed by atoms with van der Waals surface area (Å²) in [4.78, 5) is 5.11. The zero-order chi connectivity index (χ0) is 14.4. The summed E-state index contributed by atoms with van der Waals surface area (Å²) >= 11 is 1.76. The van der Waals surface area contributed by atoms with Crippen LogP contribution in [0.1, 0.15) is 49.3 Å². The molecule has 2 rings (SSSR count). The first-order valence-electron chi connectivity index (χ1n) is 7.61. The topological polar surface area (TPSA) is 23.5 Å². The molecule has 1 N–H and O–H groups in total. The normalized spacial score (nSPS) is 15.8. The molecule has 0 aromatic carbocycles. The van der Waals surface area contributed by atoms with Gasteiger partial charge >= 0.3 is 0 Å². The molecule has 0 saturated heterocycles. The zero-order valence-electron chi connectivity index (χ0n) is 12.6. The molecule has 1 aliphatic rings. The Morgan fingerprint density at radius 1 is 1.35 bits per heavy atom. The maximum atomic E-state index is 8.75. The highest BCUT2D eigenvalue weighted by molar-refractivity contribution is 7.12.